The van der Waals surface area contributed by atoms with Crippen molar-refractivity contribution in [2.24, 2.45) is 17.3 Å². The van der Waals surface area contributed by atoms with E-state index >= 15 is 4.39 Å². The second-order valence-corrected chi connectivity index (χ2v) is 14.6. The molecule has 6 heterocycles. The predicted molar refractivity (Wildman–Crippen MR) is 165 cm³/mol. The number of anilines is 2. The number of nitriles is 1. The van der Waals surface area contributed by atoms with Crippen LogP contribution in [0.25, 0.3) is 32.2 Å². The molecule has 12 heteroatoms. The van der Waals surface area contributed by atoms with Crippen LogP contribution >= 0.6 is 11.3 Å². The van der Waals surface area contributed by atoms with Gasteiger partial charge in [0.1, 0.15) is 33.9 Å². The molecule has 4 aromatic rings. The lowest BCUT2D eigenvalue weighted by molar-refractivity contribution is 0.163. The highest BCUT2D eigenvalue weighted by atomic mass is 32.1. The molecule has 9 nitrogen and oxygen atoms in total. The first-order chi connectivity index (χ1) is 21.4. The summed E-state index contributed by atoms with van der Waals surface area (Å²) in [7, 11) is 0. The van der Waals surface area contributed by atoms with Crippen LogP contribution in [-0.4, -0.2) is 71.3 Å². The molecule has 3 saturated heterocycles. The van der Waals surface area contributed by atoms with Crippen molar-refractivity contribution >= 4 is 43.1 Å². The minimum absolute atomic E-state index is 0.0148. The average molecular weight is 615 g/mol. The quantitative estimate of drug-likeness (QED) is 0.306. The number of fused-ring (bicyclic) bond motifs is 5. The molecule has 0 amide bonds. The van der Waals surface area contributed by atoms with Crippen LogP contribution < -0.4 is 20.7 Å². The molecule has 4 atom stereocenters. The topological polar surface area (TPSA) is 116 Å². The number of thiophene rings is 1. The fourth-order valence-corrected chi connectivity index (χ4v) is 8.77. The predicted octanol–water partition coefficient (Wildman–Crippen LogP) is 4.69. The number of rotatable bonds is 7. The summed E-state index contributed by atoms with van der Waals surface area (Å²) < 4.78 is 38.0. The molecule has 44 heavy (non-hydrogen) atoms. The van der Waals surface area contributed by atoms with Gasteiger partial charge in [0.2, 0.25) is 0 Å². The van der Waals surface area contributed by atoms with Crippen LogP contribution in [0.15, 0.2) is 18.3 Å². The van der Waals surface area contributed by atoms with E-state index in [0.717, 1.165) is 68.5 Å². The van der Waals surface area contributed by atoms with Crippen LogP contribution in [0.2, 0.25) is 0 Å². The van der Waals surface area contributed by atoms with E-state index in [4.69, 9.17) is 15.5 Å². The van der Waals surface area contributed by atoms with Gasteiger partial charge in [-0.2, -0.15) is 15.2 Å². The first-order valence-electron chi connectivity index (χ1n) is 15.5. The van der Waals surface area contributed by atoms with Gasteiger partial charge in [-0.05, 0) is 56.1 Å². The fraction of sp³-hybridized carbons (Fsp3) is 0.500. The van der Waals surface area contributed by atoms with Gasteiger partial charge in [0.05, 0.1) is 22.3 Å². The molecule has 2 bridgehead atoms. The SMILES string of the molecule is N#Cc1c(N)sc2c(F)ccc(-c3ncc4c(N5CC6CCC(C5)N6)nc(OCC5(CN6CC7CC7C6)CC5)nc4c3F)c12. The second-order valence-electron chi connectivity index (χ2n) is 13.5. The Balaban J connectivity index is 1.12. The lowest BCUT2D eigenvalue weighted by Crippen LogP contribution is -2.51. The summed E-state index contributed by atoms with van der Waals surface area (Å²) in [6.07, 6.45) is 7.37. The van der Waals surface area contributed by atoms with E-state index < -0.39 is 11.6 Å². The van der Waals surface area contributed by atoms with Gasteiger partial charge in [-0.3, -0.25) is 4.98 Å². The molecule has 4 unspecified atom stereocenters. The highest BCUT2D eigenvalue weighted by Gasteiger charge is 2.51. The third kappa shape index (κ3) is 4.31. The summed E-state index contributed by atoms with van der Waals surface area (Å²) in [5.41, 5.74) is 6.66. The molecule has 3 aromatic heterocycles. The number of pyridine rings is 1. The zero-order valence-corrected chi connectivity index (χ0v) is 25.0. The van der Waals surface area contributed by atoms with E-state index in [9.17, 15) is 9.65 Å². The molecular formula is C32H32F2N8OS. The lowest BCUT2D eigenvalue weighted by atomic mass is 10.0. The fourth-order valence-electron chi connectivity index (χ4n) is 7.82. The largest absolute Gasteiger partial charge is 0.463 e. The first-order valence-corrected chi connectivity index (χ1v) is 16.3. The molecule has 5 fully saturated rings. The van der Waals surface area contributed by atoms with Crippen molar-refractivity contribution < 1.29 is 13.5 Å². The molecule has 3 N–H and O–H groups in total. The van der Waals surface area contributed by atoms with E-state index in [1.165, 1.54) is 31.6 Å². The lowest BCUT2D eigenvalue weighted by Gasteiger charge is -2.34. The van der Waals surface area contributed by atoms with Crippen LogP contribution in [0, 0.1) is 40.2 Å². The van der Waals surface area contributed by atoms with Crippen LogP contribution in [0.1, 0.15) is 37.7 Å². The van der Waals surface area contributed by atoms with E-state index in [0.29, 0.717) is 35.5 Å². The number of likely N-dealkylation sites (tertiary alicyclic amines) is 1. The van der Waals surface area contributed by atoms with Gasteiger partial charge < -0.3 is 25.6 Å². The number of hydrogen-bond acceptors (Lipinski definition) is 10. The number of halogens is 2. The Kier molecular flexibility index (Phi) is 5.87. The summed E-state index contributed by atoms with van der Waals surface area (Å²) in [5, 5.41) is 14.4. The molecule has 0 spiro atoms. The number of nitrogen functional groups attached to an aromatic ring is 1. The molecule has 226 valence electrons. The highest BCUT2D eigenvalue weighted by Crippen LogP contribution is 2.51. The summed E-state index contributed by atoms with van der Waals surface area (Å²) in [6, 6.07) is 5.63. The third-order valence-electron chi connectivity index (χ3n) is 10.4. The Morgan fingerprint density at radius 1 is 1.11 bits per heavy atom. The number of ether oxygens (including phenoxy) is 1. The minimum Gasteiger partial charge on any atom is -0.463 e. The van der Waals surface area contributed by atoms with Crippen LogP contribution in [-0.2, 0) is 0 Å². The van der Waals surface area contributed by atoms with Crippen molar-refractivity contribution in [3.05, 3.63) is 35.5 Å². The molecular weight excluding hydrogens is 582 g/mol. The molecule has 1 aromatic carbocycles. The van der Waals surface area contributed by atoms with Crippen molar-refractivity contribution in [3.63, 3.8) is 0 Å². The highest BCUT2D eigenvalue weighted by molar-refractivity contribution is 7.23. The first kappa shape index (κ1) is 26.7. The standard InChI is InChI=1S/C32H32F2N8OS/c33-23-4-3-20(24-21(8-35)29(36)44-28(23)24)26-25(34)27-22(9-37-26)30(42-12-18-1-2-19(13-42)38-18)40-31(39-27)43-15-32(5-6-32)14-41-10-16-7-17(16)11-41/h3-4,9,16-19,38H,1-2,5-7,10-15,36H2. The Hall–Kier alpha value is -3.66. The van der Waals surface area contributed by atoms with Gasteiger partial charge in [-0.15, -0.1) is 11.3 Å². The maximum absolute atomic E-state index is 16.7. The maximum atomic E-state index is 16.7. The Morgan fingerprint density at radius 3 is 2.61 bits per heavy atom. The van der Waals surface area contributed by atoms with Crippen molar-refractivity contribution in [3.8, 4) is 23.3 Å². The zero-order valence-electron chi connectivity index (χ0n) is 24.2. The summed E-state index contributed by atoms with van der Waals surface area (Å²) in [6.45, 7) is 5.41. The van der Waals surface area contributed by atoms with Crippen LogP contribution in [0.5, 0.6) is 6.01 Å². The number of nitrogens with one attached hydrogen (secondary N) is 1. The van der Waals surface area contributed by atoms with Gasteiger partial charge in [-0.25, -0.2) is 8.78 Å². The third-order valence-corrected chi connectivity index (χ3v) is 11.4. The summed E-state index contributed by atoms with van der Waals surface area (Å²) in [5.74, 6) is 1.21. The van der Waals surface area contributed by atoms with Gasteiger partial charge in [-0.1, -0.05) is 0 Å². The van der Waals surface area contributed by atoms with E-state index in [1.54, 1.807) is 6.20 Å². The van der Waals surface area contributed by atoms with E-state index in [2.05, 4.69) is 31.2 Å². The average Bonchev–Trinajstić information content (AvgIpc) is 3.83. The minimum atomic E-state index is -0.659. The molecule has 3 aliphatic heterocycles. The molecule has 5 aliphatic rings. The van der Waals surface area contributed by atoms with Gasteiger partial charge >= 0.3 is 6.01 Å². The Bertz CT molecular complexity index is 1860. The normalized spacial score (nSPS) is 26.7. The van der Waals surface area contributed by atoms with Gasteiger partial charge in [0, 0.05) is 67.4 Å². The van der Waals surface area contributed by atoms with Crippen molar-refractivity contribution in [1.29, 1.82) is 5.26 Å². The molecule has 0 radical (unpaired) electrons. The Labute approximate surface area is 257 Å². The Morgan fingerprint density at radius 2 is 1.89 bits per heavy atom. The van der Waals surface area contributed by atoms with E-state index in [-0.39, 0.29) is 43.3 Å². The molecule has 2 aliphatic carbocycles. The van der Waals surface area contributed by atoms with Crippen LogP contribution in [0.3, 0.4) is 0 Å². The van der Waals surface area contributed by atoms with Crippen molar-refractivity contribution in [1.82, 2.24) is 25.2 Å². The monoisotopic (exact) mass is 614 g/mol. The van der Waals surface area contributed by atoms with Crippen LogP contribution in [0.4, 0.5) is 19.6 Å². The van der Waals surface area contributed by atoms with E-state index in [1.807, 2.05) is 0 Å². The van der Waals surface area contributed by atoms with Crippen molar-refractivity contribution in [2.45, 2.75) is 44.2 Å². The smallest absolute Gasteiger partial charge is 0.319 e. The number of nitrogens with zero attached hydrogens (tertiary/aromatic N) is 6. The number of piperazine rings is 1. The maximum Gasteiger partial charge on any atom is 0.319 e. The number of nitrogens with two attached hydrogens (primary N) is 1. The number of aromatic nitrogens is 3. The summed E-state index contributed by atoms with van der Waals surface area (Å²) in [4.78, 5) is 18.8. The zero-order chi connectivity index (χ0) is 29.7. The second kappa shape index (κ2) is 9.67. The number of hydrogen-bond donors (Lipinski definition) is 2. The summed E-state index contributed by atoms with van der Waals surface area (Å²) >= 11 is 0.975. The molecule has 2 saturated carbocycles. The van der Waals surface area contributed by atoms with Gasteiger partial charge in [0.25, 0.3) is 0 Å². The number of benzene rings is 1. The van der Waals surface area contributed by atoms with Gasteiger partial charge in [0.15, 0.2) is 5.82 Å². The van der Waals surface area contributed by atoms with Crippen molar-refractivity contribution in [2.75, 3.05) is 50.0 Å². The molecule has 9 rings (SSSR count). The number of piperidine rings is 1.